The maximum atomic E-state index is 5.88. The third kappa shape index (κ3) is 1.97. The molecule has 0 atom stereocenters. The number of hydrogen-bond acceptors (Lipinski definition) is 2. The van der Waals surface area contributed by atoms with Gasteiger partial charge in [0.2, 0.25) is 0 Å². The van der Waals surface area contributed by atoms with Crippen LogP contribution in [0.3, 0.4) is 0 Å². The Morgan fingerprint density at radius 3 is 2.93 bits per heavy atom. The van der Waals surface area contributed by atoms with Gasteiger partial charge in [-0.1, -0.05) is 13.8 Å². The van der Waals surface area contributed by atoms with Crippen molar-refractivity contribution in [3.8, 4) is 0 Å². The fourth-order valence-corrected chi connectivity index (χ4v) is 1.91. The van der Waals surface area contributed by atoms with Crippen molar-refractivity contribution in [1.82, 2.24) is 14.5 Å². The Morgan fingerprint density at radius 1 is 1.47 bits per heavy atom. The van der Waals surface area contributed by atoms with Gasteiger partial charge in [-0.15, -0.1) is 11.6 Å². The van der Waals surface area contributed by atoms with Crippen molar-refractivity contribution < 1.29 is 0 Å². The zero-order chi connectivity index (χ0) is 10.8. The number of nitrogens with zero attached hydrogens (tertiary/aromatic N) is 3. The molecule has 2 aromatic heterocycles. The number of hydrogen-bond donors (Lipinski definition) is 0. The fraction of sp³-hybridized carbons (Fsp3) is 0.455. The summed E-state index contributed by atoms with van der Waals surface area (Å²) in [6.07, 6.45) is 3.57. The Hall–Kier alpha value is -1.09. The van der Waals surface area contributed by atoms with E-state index >= 15 is 0 Å². The first-order valence-corrected chi connectivity index (χ1v) is 5.61. The Balaban J connectivity index is 2.56. The van der Waals surface area contributed by atoms with Gasteiger partial charge in [0.05, 0.1) is 17.6 Å². The second-order valence-electron chi connectivity index (χ2n) is 4.03. The van der Waals surface area contributed by atoms with E-state index in [9.17, 15) is 0 Å². The normalized spacial score (nSPS) is 11.5. The van der Waals surface area contributed by atoms with Crippen molar-refractivity contribution in [3.63, 3.8) is 0 Å². The van der Waals surface area contributed by atoms with Crippen molar-refractivity contribution >= 4 is 22.6 Å². The van der Waals surface area contributed by atoms with E-state index in [1.54, 1.807) is 12.4 Å². The van der Waals surface area contributed by atoms with Crippen LogP contribution in [0.5, 0.6) is 0 Å². The van der Waals surface area contributed by atoms with Crippen molar-refractivity contribution in [2.24, 2.45) is 5.92 Å². The average molecular weight is 224 g/mol. The molecular formula is C11H14ClN3. The summed E-state index contributed by atoms with van der Waals surface area (Å²) >= 11 is 5.88. The Labute approximate surface area is 94.1 Å². The molecule has 0 bridgehead atoms. The van der Waals surface area contributed by atoms with E-state index < -0.39 is 0 Å². The second-order valence-corrected chi connectivity index (χ2v) is 4.30. The minimum absolute atomic E-state index is 0.446. The summed E-state index contributed by atoms with van der Waals surface area (Å²) in [6, 6.07) is 1.99. The van der Waals surface area contributed by atoms with Crippen molar-refractivity contribution in [2.45, 2.75) is 26.3 Å². The maximum absolute atomic E-state index is 5.88. The lowest BCUT2D eigenvalue weighted by Crippen LogP contribution is -2.07. The first-order valence-electron chi connectivity index (χ1n) is 5.07. The maximum Gasteiger partial charge on any atom is 0.124 e. The molecule has 0 saturated heterocycles. The molecule has 0 aliphatic rings. The van der Waals surface area contributed by atoms with Gasteiger partial charge in [0.1, 0.15) is 11.3 Å². The zero-order valence-corrected chi connectivity index (χ0v) is 9.70. The molecule has 0 aliphatic carbocycles. The molecule has 2 aromatic rings. The number of pyridine rings is 1. The molecule has 2 heterocycles. The molecule has 0 N–H and O–H groups in total. The number of aromatic nitrogens is 3. The summed E-state index contributed by atoms with van der Waals surface area (Å²) in [5, 5.41) is 0. The van der Waals surface area contributed by atoms with Crippen molar-refractivity contribution in [2.75, 3.05) is 0 Å². The predicted octanol–water partition coefficient (Wildman–Crippen LogP) is 2.83. The summed E-state index contributed by atoms with van der Waals surface area (Å²) in [6.45, 7) is 5.32. The smallest absolute Gasteiger partial charge is 0.124 e. The monoisotopic (exact) mass is 223 g/mol. The highest BCUT2D eigenvalue weighted by atomic mass is 35.5. The fourth-order valence-electron chi connectivity index (χ4n) is 1.70. The molecular weight excluding hydrogens is 210 g/mol. The molecule has 0 radical (unpaired) electrons. The summed E-state index contributed by atoms with van der Waals surface area (Å²) in [5.74, 6) is 1.95. The minimum Gasteiger partial charge on any atom is -0.327 e. The van der Waals surface area contributed by atoms with Gasteiger partial charge >= 0.3 is 0 Å². The van der Waals surface area contributed by atoms with Gasteiger partial charge in [-0.3, -0.25) is 4.98 Å². The van der Waals surface area contributed by atoms with Crippen LogP contribution in [0.25, 0.3) is 11.0 Å². The predicted molar refractivity (Wildman–Crippen MR) is 61.9 cm³/mol. The zero-order valence-electron chi connectivity index (χ0n) is 8.94. The van der Waals surface area contributed by atoms with E-state index in [-0.39, 0.29) is 0 Å². The molecule has 0 aliphatic heterocycles. The van der Waals surface area contributed by atoms with Crippen LogP contribution in [0.2, 0.25) is 0 Å². The van der Waals surface area contributed by atoms with E-state index in [0.29, 0.717) is 11.8 Å². The average Bonchev–Trinajstić information content (AvgIpc) is 2.56. The largest absolute Gasteiger partial charge is 0.327 e. The highest BCUT2D eigenvalue weighted by Gasteiger charge is 2.10. The van der Waals surface area contributed by atoms with Gasteiger partial charge in [-0.25, -0.2) is 4.98 Å². The molecule has 0 aromatic carbocycles. The highest BCUT2D eigenvalue weighted by molar-refractivity contribution is 6.16. The van der Waals surface area contributed by atoms with Crippen LogP contribution < -0.4 is 0 Å². The van der Waals surface area contributed by atoms with Crippen molar-refractivity contribution in [1.29, 1.82) is 0 Å². The number of alkyl halides is 1. The number of halogens is 1. The van der Waals surface area contributed by atoms with E-state index in [2.05, 4.69) is 28.4 Å². The summed E-state index contributed by atoms with van der Waals surface area (Å²) in [4.78, 5) is 8.51. The van der Waals surface area contributed by atoms with Crippen molar-refractivity contribution in [3.05, 3.63) is 24.3 Å². The lowest BCUT2D eigenvalue weighted by molar-refractivity contribution is 0.522. The molecule has 0 fully saturated rings. The first-order chi connectivity index (χ1) is 7.22. The van der Waals surface area contributed by atoms with Gasteiger partial charge in [0.15, 0.2) is 0 Å². The summed E-state index contributed by atoms with van der Waals surface area (Å²) in [7, 11) is 0. The van der Waals surface area contributed by atoms with Crippen LogP contribution in [0.15, 0.2) is 18.5 Å². The molecule has 0 saturated carbocycles. The number of fused-ring (bicyclic) bond motifs is 1. The second kappa shape index (κ2) is 4.19. The van der Waals surface area contributed by atoms with Crippen LogP contribution in [-0.4, -0.2) is 14.5 Å². The Bertz CT molecular complexity index is 462. The third-order valence-electron chi connectivity index (χ3n) is 2.30. The lowest BCUT2D eigenvalue weighted by atomic mass is 10.2. The van der Waals surface area contributed by atoms with E-state index in [1.807, 2.05) is 6.07 Å². The Kier molecular flexibility index (Phi) is 2.91. The van der Waals surface area contributed by atoms with Crippen LogP contribution in [0.1, 0.15) is 19.7 Å². The van der Waals surface area contributed by atoms with Crippen LogP contribution in [0, 0.1) is 5.92 Å². The van der Waals surface area contributed by atoms with Gasteiger partial charge in [0.25, 0.3) is 0 Å². The van der Waals surface area contributed by atoms with E-state index in [0.717, 1.165) is 23.4 Å². The molecule has 0 spiro atoms. The molecule has 0 amide bonds. The van der Waals surface area contributed by atoms with Gasteiger partial charge in [-0.2, -0.15) is 0 Å². The quantitative estimate of drug-likeness (QED) is 0.750. The molecule has 4 heteroatoms. The standard InChI is InChI=1S/C11H14ClN3/c1-8(2)7-15-10-3-4-13-6-9(10)14-11(15)5-12/h3-4,6,8H,5,7H2,1-2H3. The molecule has 15 heavy (non-hydrogen) atoms. The summed E-state index contributed by atoms with van der Waals surface area (Å²) in [5.41, 5.74) is 2.04. The van der Waals surface area contributed by atoms with Gasteiger partial charge in [0, 0.05) is 12.7 Å². The minimum atomic E-state index is 0.446. The molecule has 3 nitrogen and oxygen atoms in total. The SMILES string of the molecule is CC(C)Cn1c(CCl)nc2cnccc21. The number of rotatable bonds is 3. The van der Waals surface area contributed by atoms with Crippen LogP contribution >= 0.6 is 11.6 Å². The van der Waals surface area contributed by atoms with Crippen LogP contribution in [0.4, 0.5) is 0 Å². The van der Waals surface area contributed by atoms with Gasteiger partial charge < -0.3 is 4.57 Å². The topological polar surface area (TPSA) is 30.7 Å². The highest BCUT2D eigenvalue weighted by Crippen LogP contribution is 2.17. The van der Waals surface area contributed by atoms with E-state index in [4.69, 9.17) is 11.6 Å². The van der Waals surface area contributed by atoms with Gasteiger partial charge in [-0.05, 0) is 12.0 Å². The Morgan fingerprint density at radius 2 is 2.27 bits per heavy atom. The lowest BCUT2D eigenvalue weighted by Gasteiger charge is -2.09. The van der Waals surface area contributed by atoms with Crippen LogP contribution in [-0.2, 0) is 12.4 Å². The first kappa shape index (κ1) is 10.4. The summed E-state index contributed by atoms with van der Waals surface area (Å²) < 4.78 is 2.18. The van der Waals surface area contributed by atoms with E-state index in [1.165, 1.54) is 0 Å². The third-order valence-corrected chi connectivity index (χ3v) is 2.54. The number of imidazole rings is 1. The molecule has 80 valence electrons. The molecule has 0 unspecified atom stereocenters. The molecule has 2 rings (SSSR count).